The maximum absolute atomic E-state index is 13.2. The number of rotatable bonds is 5. The summed E-state index contributed by atoms with van der Waals surface area (Å²) in [6.45, 7) is 10.6. The molecular weight excluding hydrogens is 642 g/mol. The van der Waals surface area contributed by atoms with Gasteiger partial charge in [0.05, 0.1) is 22.0 Å². The first-order chi connectivity index (χ1) is 20.2. The number of fused-ring (bicyclic) bond motifs is 2. The van der Waals surface area contributed by atoms with E-state index in [1.165, 1.54) is 6.33 Å². The molecule has 3 aromatic heterocycles. The van der Waals surface area contributed by atoms with E-state index >= 15 is 0 Å². The van der Waals surface area contributed by atoms with Gasteiger partial charge in [-0.05, 0) is 88.5 Å². The standard InChI is InChI=1S/C30H33BrClN5O6/c1-29(2,3)42-27(38)37(28(39)43-30(4,5)6)26-20-9-10-36(25(20)34-16-35-26)24-8-7-19(41-24)15-40-23-13-22-17(12-21(23)32)11-18(31)14-33-22/h9-14,16,19,24H,7-8,15H2,1-6H3. The highest BCUT2D eigenvalue weighted by Crippen LogP contribution is 2.36. The average Bonchev–Trinajstić information content (AvgIpc) is 3.53. The number of imide groups is 1. The Morgan fingerprint density at radius 3 is 2.42 bits per heavy atom. The molecule has 0 bridgehead atoms. The lowest BCUT2D eigenvalue weighted by molar-refractivity contribution is -0.0155. The first kappa shape index (κ1) is 31.0. The number of pyridine rings is 1. The minimum atomic E-state index is -0.904. The number of amides is 2. The zero-order valence-corrected chi connectivity index (χ0v) is 27.1. The molecular formula is C30H33BrClN5O6. The Bertz CT molecular complexity index is 1650. The number of nitrogens with zero attached hydrogens (tertiary/aromatic N) is 5. The van der Waals surface area contributed by atoms with E-state index in [-0.39, 0.29) is 18.1 Å². The van der Waals surface area contributed by atoms with Crippen LogP contribution in [0.1, 0.15) is 60.6 Å². The van der Waals surface area contributed by atoms with Crippen LogP contribution in [0, 0.1) is 0 Å². The van der Waals surface area contributed by atoms with Crippen molar-refractivity contribution >= 4 is 67.5 Å². The van der Waals surface area contributed by atoms with Gasteiger partial charge in [0.1, 0.15) is 41.8 Å². The summed E-state index contributed by atoms with van der Waals surface area (Å²) in [6.07, 6.45) is 3.88. The van der Waals surface area contributed by atoms with Crippen LogP contribution in [0.25, 0.3) is 21.9 Å². The second-order valence-electron chi connectivity index (χ2n) is 12.2. The topological polar surface area (TPSA) is 118 Å². The van der Waals surface area contributed by atoms with Crippen LogP contribution in [0.5, 0.6) is 5.75 Å². The minimum Gasteiger partial charge on any atom is -0.489 e. The number of hydrogen-bond donors (Lipinski definition) is 0. The maximum Gasteiger partial charge on any atom is 0.425 e. The first-order valence-corrected chi connectivity index (χ1v) is 15.0. The quantitative estimate of drug-likeness (QED) is 0.209. The molecule has 1 fully saturated rings. The molecule has 13 heteroatoms. The summed E-state index contributed by atoms with van der Waals surface area (Å²) in [5.41, 5.74) is -0.443. The van der Waals surface area contributed by atoms with Crippen LogP contribution >= 0.6 is 27.5 Å². The van der Waals surface area contributed by atoms with Crippen molar-refractivity contribution in [3.63, 3.8) is 0 Å². The monoisotopic (exact) mass is 673 g/mol. The van der Waals surface area contributed by atoms with Gasteiger partial charge in [-0.3, -0.25) is 4.98 Å². The van der Waals surface area contributed by atoms with Crippen LogP contribution in [0.2, 0.25) is 5.02 Å². The predicted molar refractivity (Wildman–Crippen MR) is 166 cm³/mol. The van der Waals surface area contributed by atoms with Crippen LogP contribution in [0.4, 0.5) is 15.4 Å². The molecule has 0 N–H and O–H groups in total. The summed E-state index contributed by atoms with van der Waals surface area (Å²) in [6, 6.07) is 7.32. The van der Waals surface area contributed by atoms with Crippen molar-refractivity contribution in [2.75, 3.05) is 11.5 Å². The second-order valence-corrected chi connectivity index (χ2v) is 13.5. The lowest BCUT2D eigenvalue weighted by Gasteiger charge is -2.28. The predicted octanol–water partition coefficient (Wildman–Crippen LogP) is 7.83. The Labute approximate surface area is 262 Å². The van der Waals surface area contributed by atoms with Gasteiger partial charge < -0.3 is 23.5 Å². The van der Waals surface area contributed by atoms with Gasteiger partial charge in [0, 0.05) is 28.3 Å². The SMILES string of the molecule is CC(C)(C)OC(=O)N(C(=O)OC(C)(C)C)c1ncnc2c1ccn2C1CCC(COc2cc3ncc(Br)cc3cc2Cl)O1. The average molecular weight is 675 g/mol. The van der Waals surface area contributed by atoms with Crippen molar-refractivity contribution < 1.29 is 28.5 Å². The zero-order valence-electron chi connectivity index (χ0n) is 24.8. The van der Waals surface area contributed by atoms with Crippen LogP contribution in [-0.4, -0.2) is 55.6 Å². The Hall–Kier alpha value is -3.48. The van der Waals surface area contributed by atoms with Gasteiger partial charge in [0.15, 0.2) is 5.82 Å². The largest absolute Gasteiger partial charge is 0.489 e. The van der Waals surface area contributed by atoms with Crippen molar-refractivity contribution in [2.45, 2.75) is 77.9 Å². The summed E-state index contributed by atoms with van der Waals surface area (Å²) in [5, 5.41) is 1.85. The smallest absolute Gasteiger partial charge is 0.425 e. The molecule has 43 heavy (non-hydrogen) atoms. The molecule has 1 aliphatic rings. The first-order valence-electron chi connectivity index (χ1n) is 13.8. The molecule has 4 heterocycles. The third-order valence-electron chi connectivity index (χ3n) is 6.37. The molecule has 0 spiro atoms. The van der Waals surface area contributed by atoms with Gasteiger partial charge in [0.2, 0.25) is 0 Å². The minimum absolute atomic E-state index is 0.0525. The number of carbonyl (C=O) groups is 2. The molecule has 2 amide bonds. The maximum atomic E-state index is 13.2. The van der Waals surface area contributed by atoms with E-state index in [9.17, 15) is 9.59 Å². The number of halogens is 2. The van der Waals surface area contributed by atoms with Crippen molar-refractivity contribution in [3.05, 3.63) is 52.5 Å². The Balaban J connectivity index is 1.35. The van der Waals surface area contributed by atoms with Crippen LogP contribution in [0.3, 0.4) is 0 Å². The molecule has 5 rings (SSSR count). The van der Waals surface area contributed by atoms with Gasteiger partial charge in [-0.1, -0.05) is 11.6 Å². The molecule has 1 saturated heterocycles. The van der Waals surface area contributed by atoms with Crippen molar-refractivity contribution in [1.82, 2.24) is 19.5 Å². The summed E-state index contributed by atoms with van der Waals surface area (Å²) in [5.74, 6) is 0.584. The van der Waals surface area contributed by atoms with Crippen LogP contribution in [0.15, 0.2) is 47.5 Å². The van der Waals surface area contributed by atoms with E-state index in [2.05, 4.69) is 30.9 Å². The highest BCUT2D eigenvalue weighted by Gasteiger charge is 2.36. The zero-order chi connectivity index (χ0) is 31.1. The molecule has 0 aliphatic carbocycles. The summed E-state index contributed by atoms with van der Waals surface area (Å²) in [4.78, 5) is 40.4. The fourth-order valence-electron chi connectivity index (χ4n) is 4.64. The van der Waals surface area contributed by atoms with E-state index in [1.807, 2.05) is 22.8 Å². The van der Waals surface area contributed by atoms with E-state index in [1.54, 1.807) is 60.0 Å². The van der Waals surface area contributed by atoms with Gasteiger partial charge in [-0.25, -0.2) is 19.6 Å². The Morgan fingerprint density at radius 2 is 1.74 bits per heavy atom. The molecule has 0 saturated carbocycles. The Morgan fingerprint density at radius 1 is 1.05 bits per heavy atom. The third kappa shape index (κ3) is 7.19. The molecule has 2 unspecified atom stereocenters. The third-order valence-corrected chi connectivity index (χ3v) is 7.10. The number of benzene rings is 1. The fraction of sp³-hybridized carbons (Fsp3) is 0.433. The molecule has 228 valence electrons. The molecule has 0 radical (unpaired) electrons. The fourth-order valence-corrected chi connectivity index (χ4v) is 5.22. The number of aromatic nitrogens is 4. The normalized spacial score (nSPS) is 17.3. The lowest BCUT2D eigenvalue weighted by atomic mass is 10.2. The van der Waals surface area contributed by atoms with Crippen molar-refractivity contribution in [2.24, 2.45) is 0 Å². The van der Waals surface area contributed by atoms with Crippen LogP contribution < -0.4 is 9.64 Å². The molecule has 1 aliphatic heterocycles. The van der Waals surface area contributed by atoms with E-state index in [4.69, 9.17) is 30.5 Å². The summed E-state index contributed by atoms with van der Waals surface area (Å²) in [7, 11) is 0. The highest BCUT2D eigenvalue weighted by atomic mass is 79.9. The van der Waals surface area contributed by atoms with E-state index in [0.717, 1.165) is 26.7 Å². The van der Waals surface area contributed by atoms with Crippen molar-refractivity contribution in [1.29, 1.82) is 0 Å². The molecule has 2 atom stereocenters. The number of ether oxygens (including phenoxy) is 4. The van der Waals surface area contributed by atoms with Gasteiger partial charge in [-0.2, -0.15) is 4.90 Å². The van der Waals surface area contributed by atoms with Crippen molar-refractivity contribution in [3.8, 4) is 5.75 Å². The Kier molecular flexibility index (Phi) is 8.56. The molecule has 4 aromatic rings. The highest BCUT2D eigenvalue weighted by molar-refractivity contribution is 9.10. The van der Waals surface area contributed by atoms with Gasteiger partial charge >= 0.3 is 12.2 Å². The summed E-state index contributed by atoms with van der Waals surface area (Å²) >= 11 is 9.90. The second kappa shape index (κ2) is 11.9. The molecule has 1 aromatic carbocycles. The lowest BCUT2D eigenvalue weighted by Crippen LogP contribution is -2.44. The van der Waals surface area contributed by atoms with Crippen LogP contribution in [-0.2, 0) is 14.2 Å². The van der Waals surface area contributed by atoms with Gasteiger partial charge in [0.25, 0.3) is 0 Å². The molecule has 11 nitrogen and oxygen atoms in total. The number of anilines is 1. The van der Waals surface area contributed by atoms with E-state index in [0.29, 0.717) is 34.8 Å². The number of carbonyl (C=O) groups excluding carboxylic acids is 2. The summed E-state index contributed by atoms with van der Waals surface area (Å²) < 4.78 is 26.1. The number of hydrogen-bond acceptors (Lipinski definition) is 9. The van der Waals surface area contributed by atoms with E-state index < -0.39 is 23.4 Å². The van der Waals surface area contributed by atoms with Gasteiger partial charge in [-0.15, -0.1) is 0 Å².